The largest absolute Gasteiger partial charge is 0.353 e. The van der Waals surface area contributed by atoms with Crippen LogP contribution in [0.4, 0.5) is 11.5 Å². The van der Waals surface area contributed by atoms with E-state index in [4.69, 9.17) is 11.6 Å². The highest BCUT2D eigenvalue weighted by Gasteiger charge is 2.22. The third-order valence-corrected chi connectivity index (χ3v) is 6.79. The van der Waals surface area contributed by atoms with Crippen LogP contribution in [0.1, 0.15) is 11.1 Å². The number of nitrogens with one attached hydrogen (secondary N) is 1. The second kappa shape index (κ2) is 9.71. The minimum Gasteiger partial charge on any atom is -0.353 e. The van der Waals surface area contributed by atoms with Crippen LogP contribution in [-0.4, -0.2) is 47.9 Å². The van der Waals surface area contributed by atoms with Gasteiger partial charge in [-0.05, 0) is 47.3 Å². The molecular weight excluding hydrogens is 463 g/mol. The van der Waals surface area contributed by atoms with Crippen molar-refractivity contribution in [1.29, 1.82) is 0 Å². The van der Waals surface area contributed by atoms with Gasteiger partial charge in [0, 0.05) is 48.8 Å². The normalized spacial score (nSPS) is 16.0. The molecule has 2 aliphatic rings. The molecule has 30 heavy (non-hydrogen) atoms. The number of hydrogen-bond acceptors (Lipinski definition) is 5. The van der Waals surface area contributed by atoms with Crippen LogP contribution in [0.15, 0.2) is 36.4 Å². The Morgan fingerprint density at radius 1 is 1.10 bits per heavy atom. The molecule has 1 fully saturated rings. The summed E-state index contributed by atoms with van der Waals surface area (Å²) in [5.74, 6) is 1.17. The van der Waals surface area contributed by atoms with E-state index in [2.05, 4.69) is 49.8 Å². The smallest absolute Gasteiger partial charge is 0.228 e. The molecule has 9 heteroatoms. The summed E-state index contributed by atoms with van der Waals surface area (Å²) < 4.78 is 5.94. The first-order valence-electron chi connectivity index (χ1n) is 9.60. The van der Waals surface area contributed by atoms with Crippen LogP contribution in [0.5, 0.6) is 0 Å². The predicted octanol–water partition coefficient (Wildman–Crippen LogP) is 4.65. The Kier molecular flexibility index (Phi) is 7.47. The molecule has 0 spiro atoms. The van der Waals surface area contributed by atoms with Gasteiger partial charge in [0.2, 0.25) is 5.91 Å². The zero-order valence-electron chi connectivity index (χ0n) is 16.3. The number of halogens is 3. The van der Waals surface area contributed by atoms with E-state index in [1.54, 1.807) is 11.5 Å². The van der Waals surface area contributed by atoms with Gasteiger partial charge in [0.15, 0.2) is 0 Å². The molecule has 2 aromatic carbocycles. The third kappa shape index (κ3) is 4.53. The van der Waals surface area contributed by atoms with Crippen LogP contribution >= 0.6 is 47.9 Å². The Balaban J connectivity index is 0.00000128. The predicted molar refractivity (Wildman–Crippen MR) is 130 cm³/mol. The van der Waals surface area contributed by atoms with Crippen molar-refractivity contribution in [3.63, 3.8) is 0 Å². The van der Waals surface area contributed by atoms with E-state index in [0.29, 0.717) is 6.42 Å². The number of rotatable bonds is 4. The summed E-state index contributed by atoms with van der Waals surface area (Å²) in [5, 5.41) is 4.86. The Labute approximate surface area is 197 Å². The van der Waals surface area contributed by atoms with Crippen molar-refractivity contribution in [2.24, 2.45) is 0 Å². The van der Waals surface area contributed by atoms with Crippen LogP contribution in [0.3, 0.4) is 0 Å². The lowest BCUT2D eigenvalue weighted by Crippen LogP contribution is -2.47. The average molecular weight is 486 g/mol. The van der Waals surface area contributed by atoms with Gasteiger partial charge in [0.1, 0.15) is 5.82 Å². The van der Waals surface area contributed by atoms with Crippen molar-refractivity contribution in [3.8, 4) is 0 Å². The Morgan fingerprint density at radius 3 is 2.67 bits per heavy atom. The van der Waals surface area contributed by atoms with Crippen LogP contribution in [0.25, 0.3) is 10.1 Å². The summed E-state index contributed by atoms with van der Waals surface area (Å²) in [6, 6.07) is 12.4. The molecule has 0 radical (unpaired) electrons. The summed E-state index contributed by atoms with van der Waals surface area (Å²) in [4.78, 5) is 16.4. The zero-order valence-corrected chi connectivity index (χ0v) is 19.5. The molecule has 160 valence electrons. The van der Waals surface area contributed by atoms with E-state index in [-0.39, 0.29) is 30.7 Å². The number of anilines is 2. The van der Waals surface area contributed by atoms with Crippen molar-refractivity contribution in [2.75, 3.05) is 42.9 Å². The van der Waals surface area contributed by atoms with Gasteiger partial charge in [0.05, 0.1) is 11.1 Å². The summed E-state index contributed by atoms with van der Waals surface area (Å²) in [7, 11) is 0. The quantitative estimate of drug-likeness (QED) is 0.584. The van der Waals surface area contributed by atoms with Crippen molar-refractivity contribution in [3.05, 3.63) is 52.5 Å². The fourth-order valence-electron chi connectivity index (χ4n) is 4.05. The molecule has 0 bridgehead atoms. The highest BCUT2D eigenvalue weighted by Crippen LogP contribution is 2.31. The maximum atomic E-state index is 11.6. The van der Waals surface area contributed by atoms with Crippen molar-refractivity contribution < 1.29 is 4.79 Å². The SMILES string of the molecule is Cl.Cl.O=C1Cc2cc(CCN3CCN(c4nsc5ccccc45)CC3)c(Cl)cc2N1. The standard InChI is InChI=1S/C21H21ClN4OS.2ClH/c22-17-13-18-15(12-20(27)23-18)11-14(17)5-6-25-7-9-26(10-8-25)21-16-3-1-2-4-19(16)28-24-21;;/h1-4,11,13H,5-10,12H2,(H,23,27);2*1H. The van der Waals surface area contributed by atoms with E-state index < -0.39 is 0 Å². The highest BCUT2D eigenvalue weighted by atomic mass is 35.5. The molecule has 3 heterocycles. The molecule has 0 atom stereocenters. The second-order valence-electron chi connectivity index (χ2n) is 7.41. The van der Waals surface area contributed by atoms with Crippen molar-refractivity contribution in [2.45, 2.75) is 12.8 Å². The van der Waals surface area contributed by atoms with Gasteiger partial charge in [-0.3, -0.25) is 9.69 Å². The van der Waals surface area contributed by atoms with Gasteiger partial charge in [-0.25, -0.2) is 0 Å². The minimum atomic E-state index is 0. The zero-order chi connectivity index (χ0) is 19.1. The number of amides is 1. The topological polar surface area (TPSA) is 48.5 Å². The molecule has 1 N–H and O–H groups in total. The first-order chi connectivity index (χ1) is 13.7. The van der Waals surface area contributed by atoms with Crippen molar-refractivity contribution >= 4 is 75.4 Å². The molecule has 3 aromatic rings. The molecule has 5 nitrogen and oxygen atoms in total. The van der Waals surface area contributed by atoms with E-state index >= 15 is 0 Å². The third-order valence-electron chi connectivity index (χ3n) is 5.62. The lowest BCUT2D eigenvalue weighted by molar-refractivity contribution is -0.115. The van der Waals surface area contributed by atoms with Gasteiger partial charge in [0.25, 0.3) is 0 Å². The number of carbonyl (C=O) groups excluding carboxylic acids is 1. The number of hydrogen-bond donors (Lipinski definition) is 1. The van der Waals surface area contributed by atoms with Crippen LogP contribution in [0, 0.1) is 0 Å². The lowest BCUT2D eigenvalue weighted by Gasteiger charge is -2.35. The highest BCUT2D eigenvalue weighted by molar-refractivity contribution is 7.13. The van der Waals surface area contributed by atoms with Gasteiger partial charge >= 0.3 is 0 Å². The number of aromatic nitrogens is 1. The van der Waals surface area contributed by atoms with Crippen LogP contribution in [-0.2, 0) is 17.6 Å². The lowest BCUT2D eigenvalue weighted by atomic mass is 10.1. The molecule has 0 aliphatic carbocycles. The molecule has 2 aliphatic heterocycles. The number of fused-ring (bicyclic) bond motifs is 2. The fraction of sp³-hybridized carbons (Fsp3) is 0.333. The number of piperazine rings is 1. The maximum absolute atomic E-state index is 11.6. The minimum absolute atomic E-state index is 0. The van der Waals surface area contributed by atoms with Gasteiger partial charge in [-0.2, -0.15) is 4.37 Å². The summed E-state index contributed by atoms with van der Waals surface area (Å²) in [5.41, 5.74) is 3.05. The monoisotopic (exact) mass is 484 g/mol. The molecule has 1 aromatic heterocycles. The van der Waals surface area contributed by atoms with Gasteiger partial charge < -0.3 is 10.2 Å². The van der Waals surface area contributed by atoms with Crippen molar-refractivity contribution in [1.82, 2.24) is 9.27 Å². The molecule has 1 saturated heterocycles. The van der Waals surface area contributed by atoms with Crippen LogP contribution in [0.2, 0.25) is 5.02 Å². The number of benzene rings is 2. The first kappa shape index (κ1) is 23.1. The van der Waals surface area contributed by atoms with Gasteiger partial charge in [-0.15, -0.1) is 24.8 Å². The number of nitrogens with zero attached hydrogens (tertiary/aromatic N) is 3. The Morgan fingerprint density at radius 2 is 1.87 bits per heavy atom. The van der Waals surface area contributed by atoms with Gasteiger partial charge in [-0.1, -0.05) is 29.8 Å². The Bertz CT molecular complexity index is 1050. The average Bonchev–Trinajstić information content (AvgIpc) is 3.29. The van der Waals surface area contributed by atoms with E-state index in [1.165, 1.54) is 10.1 Å². The maximum Gasteiger partial charge on any atom is 0.228 e. The molecular formula is C21H23Cl3N4OS. The van der Waals surface area contributed by atoms with E-state index in [1.807, 2.05) is 6.07 Å². The fourth-order valence-corrected chi connectivity index (χ4v) is 5.11. The molecule has 5 rings (SSSR count). The summed E-state index contributed by atoms with van der Waals surface area (Å²) >= 11 is 8.01. The molecule has 0 saturated carbocycles. The second-order valence-corrected chi connectivity index (χ2v) is 8.62. The summed E-state index contributed by atoms with van der Waals surface area (Å²) in [6.45, 7) is 5.00. The molecule has 1 amide bonds. The number of carbonyl (C=O) groups is 1. The van der Waals surface area contributed by atoms with Crippen LogP contribution < -0.4 is 10.2 Å². The molecule has 0 unspecified atom stereocenters. The Hall–Kier alpha value is -1.57. The first-order valence-corrected chi connectivity index (χ1v) is 10.8. The van der Waals surface area contributed by atoms with E-state index in [0.717, 1.165) is 66.8 Å². The summed E-state index contributed by atoms with van der Waals surface area (Å²) in [6.07, 6.45) is 1.36. The van der Waals surface area contributed by atoms with E-state index in [9.17, 15) is 4.79 Å².